The third kappa shape index (κ3) is 4.07. The maximum atomic E-state index is 11.7. The third-order valence-electron chi connectivity index (χ3n) is 4.53. The van der Waals surface area contributed by atoms with Crippen molar-refractivity contribution in [2.75, 3.05) is 6.26 Å². The number of hydrogen-bond donors (Lipinski definition) is 1. The number of sulfone groups is 1. The Morgan fingerprint density at radius 1 is 1.10 bits per heavy atom. The van der Waals surface area contributed by atoms with Crippen molar-refractivity contribution in [1.29, 1.82) is 0 Å². The van der Waals surface area contributed by atoms with Crippen LogP contribution in [0.25, 0.3) is 22.0 Å². The minimum atomic E-state index is -3.27. The van der Waals surface area contributed by atoms with Crippen molar-refractivity contribution >= 4 is 38.5 Å². The third-order valence-corrected chi connectivity index (χ3v) is 6.69. The molecule has 0 spiro atoms. The number of rotatable bonds is 6. The van der Waals surface area contributed by atoms with Gasteiger partial charge in [0.15, 0.2) is 9.84 Å². The van der Waals surface area contributed by atoms with Crippen LogP contribution in [0.3, 0.4) is 0 Å². The second-order valence-electron chi connectivity index (χ2n) is 6.69. The van der Waals surface area contributed by atoms with E-state index in [2.05, 4.69) is 9.97 Å². The van der Waals surface area contributed by atoms with Gasteiger partial charge in [-0.2, -0.15) is 0 Å². The molecule has 1 N–H and O–H groups in total. The van der Waals surface area contributed by atoms with Crippen molar-refractivity contribution < 1.29 is 18.3 Å². The number of aromatic nitrogens is 3. The molecule has 0 saturated carbocycles. The van der Waals surface area contributed by atoms with Crippen molar-refractivity contribution in [2.24, 2.45) is 0 Å². The molecule has 0 amide bonds. The number of aliphatic carboxylic acids is 1. The van der Waals surface area contributed by atoms with Crippen LogP contribution in [0, 0.1) is 0 Å². The van der Waals surface area contributed by atoms with Crippen LogP contribution in [0.4, 0.5) is 0 Å². The largest absolute Gasteiger partial charge is 0.480 e. The van der Waals surface area contributed by atoms with Crippen molar-refractivity contribution in [3.8, 4) is 11.1 Å². The minimum absolute atomic E-state index is 0.168. The fraction of sp³-hybridized carbons (Fsp3) is 0.0952. The maximum Gasteiger partial charge on any atom is 0.323 e. The second-order valence-corrected chi connectivity index (χ2v) is 9.82. The molecule has 0 unspecified atom stereocenters. The molecule has 0 radical (unpaired) electrons. The van der Waals surface area contributed by atoms with Gasteiger partial charge in [-0.25, -0.2) is 18.4 Å². The van der Waals surface area contributed by atoms with E-state index in [1.54, 1.807) is 47.4 Å². The van der Waals surface area contributed by atoms with Gasteiger partial charge >= 0.3 is 5.97 Å². The zero-order chi connectivity index (χ0) is 21.3. The zero-order valence-corrected chi connectivity index (χ0v) is 17.5. The number of carbonyl (C=O) groups is 1. The molecule has 0 aliphatic carbocycles. The van der Waals surface area contributed by atoms with Crippen molar-refractivity contribution in [3.05, 3.63) is 67.4 Å². The molecular formula is C21H17N3O4S2. The van der Waals surface area contributed by atoms with Crippen molar-refractivity contribution in [1.82, 2.24) is 14.5 Å². The molecule has 30 heavy (non-hydrogen) atoms. The van der Waals surface area contributed by atoms with Crippen LogP contribution in [0.5, 0.6) is 0 Å². The highest BCUT2D eigenvalue weighted by molar-refractivity contribution is 7.99. The lowest BCUT2D eigenvalue weighted by molar-refractivity contribution is -0.137. The average molecular weight is 440 g/mol. The van der Waals surface area contributed by atoms with Crippen LogP contribution in [0.1, 0.15) is 0 Å². The number of nitrogens with zero attached hydrogens (tertiary/aromatic N) is 3. The monoisotopic (exact) mass is 439 g/mol. The van der Waals surface area contributed by atoms with Crippen molar-refractivity contribution in [2.45, 2.75) is 21.2 Å². The highest BCUT2D eigenvalue weighted by atomic mass is 32.2. The zero-order valence-electron chi connectivity index (χ0n) is 15.9. The predicted molar refractivity (Wildman–Crippen MR) is 114 cm³/mol. The van der Waals surface area contributed by atoms with Crippen LogP contribution >= 0.6 is 11.8 Å². The molecule has 0 bridgehead atoms. The lowest BCUT2D eigenvalue weighted by atomic mass is 10.0. The lowest BCUT2D eigenvalue weighted by Crippen LogP contribution is -2.07. The molecular weight excluding hydrogens is 422 g/mol. The van der Waals surface area contributed by atoms with Gasteiger partial charge in [0, 0.05) is 45.6 Å². The standard InChI is InChI=1S/C21H17N3O4S2/c1-30(27,28)16-7-5-15(6-8-16)29-19-11-24(12-20(25)26)18-4-2-3-17(21(18)19)14-9-22-13-23-10-14/h2-11,13H,12H2,1H3,(H,25,26). The predicted octanol–water partition coefficient (Wildman–Crippen LogP) is 3.74. The summed E-state index contributed by atoms with van der Waals surface area (Å²) in [6.07, 6.45) is 7.86. The summed E-state index contributed by atoms with van der Waals surface area (Å²) < 4.78 is 25.1. The quantitative estimate of drug-likeness (QED) is 0.488. The molecule has 7 nitrogen and oxygen atoms in total. The minimum Gasteiger partial charge on any atom is -0.480 e. The SMILES string of the molecule is CS(=O)(=O)c1ccc(Sc2cn(CC(=O)O)c3cccc(-c4cncnc4)c23)cc1. The van der Waals surface area contributed by atoms with Crippen LogP contribution in [-0.2, 0) is 21.2 Å². The number of carboxylic acids is 1. The lowest BCUT2D eigenvalue weighted by Gasteiger charge is -2.07. The summed E-state index contributed by atoms with van der Waals surface area (Å²) in [5.41, 5.74) is 2.51. The van der Waals surface area contributed by atoms with Crippen LogP contribution in [0.15, 0.2) is 82.1 Å². The number of fused-ring (bicyclic) bond motifs is 1. The summed E-state index contributed by atoms with van der Waals surface area (Å²) >= 11 is 1.44. The Morgan fingerprint density at radius 2 is 1.80 bits per heavy atom. The van der Waals surface area contributed by atoms with Gasteiger partial charge in [0.05, 0.1) is 10.4 Å². The van der Waals surface area contributed by atoms with Gasteiger partial charge in [0.2, 0.25) is 0 Å². The maximum absolute atomic E-state index is 11.7. The van der Waals surface area contributed by atoms with Gasteiger partial charge in [0.25, 0.3) is 0 Å². The molecule has 2 heterocycles. The van der Waals surface area contributed by atoms with Gasteiger partial charge in [-0.05, 0) is 35.9 Å². The molecule has 2 aromatic carbocycles. The van der Waals surface area contributed by atoms with E-state index >= 15 is 0 Å². The van der Waals surface area contributed by atoms with Gasteiger partial charge in [-0.15, -0.1) is 0 Å². The first-order valence-electron chi connectivity index (χ1n) is 8.90. The molecule has 2 aromatic heterocycles. The summed E-state index contributed by atoms with van der Waals surface area (Å²) in [6.45, 7) is -0.168. The Morgan fingerprint density at radius 3 is 2.43 bits per heavy atom. The summed E-state index contributed by atoms with van der Waals surface area (Å²) in [4.78, 5) is 21.5. The smallest absolute Gasteiger partial charge is 0.323 e. The van der Waals surface area contributed by atoms with E-state index in [1.807, 2.05) is 18.2 Å². The Bertz CT molecular complexity index is 1330. The molecule has 152 valence electrons. The van der Waals surface area contributed by atoms with Crippen LogP contribution in [0.2, 0.25) is 0 Å². The first kappa shape index (κ1) is 20.1. The van der Waals surface area contributed by atoms with Crippen LogP contribution < -0.4 is 0 Å². The summed E-state index contributed by atoms with van der Waals surface area (Å²) in [7, 11) is -3.27. The number of hydrogen-bond acceptors (Lipinski definition) is 6. The average Bonchev–Trinajstić information content (AvgIpc) is 3.05. The highest BCUT2D eigenvalue weighted by Gasteiger charge is 2.17. The molecule has 0 aliphatic rings. The second kappa shape index (κ2) is 7.92. The van der Waals surface area contributed by atoms with E-state index in [9.17, 15) is 18.3 Å². The summed E-state index contributed by atoms with van der Waals surface area (Å²) in [5.74, 6) is -0.936. The van der Waals surface area contributed by atoms with Crippen molar-refractivity contribution in [3.63, 3.8) is 0 Å². The topological polar surface area (TPSA) is 102 Å². The molecule has 4 rings (SSSR count). The van der Waals surface area contributed by atoms with E-state index < -0.39 is 15.8 Å². The van der Waals surface area contributed by atoms with E-state index in [4.69, 9.17) is 0 Å². The Hall–Kier alpha value is -3.17. The van der Waals surface area contributed by atoms with Gasteiger partial charge in [0.1, 0.15) is 12.9 Å². The van der Waals surface area contributed by atoms with E-state index in [-0.39, 0.29) is 11.4 Å². The van der Waals surface area contributed by atoms with Gasteiger partial charge < -0.3 is 9.67 Å². The van der Waals surface area contributed by atoms with E-state index in [0.29, 0.717) is 0 Å². The number of benzene rings is 2. The molecule has 0 fully saturated rings. The molecule has 0 saturated heterocycles. The Kier molecular flexibility index (Phi) is 5.31. The molecule has 0 atom stereocenters. The molecule has 4 aromatic rings. The van der Waals surface area contributed by atoms with E-state index in [0.717, 1.165) is 31.8 Å². The highest BCUT2D eigenvalue weighted by Crippen LogP contribution is 2.40. The Labute approximate surface area is 177 Å². The van der Waals surface area contributed by atoms with E-state index in [1.165, 1.54) is 24.3 Å². The van der Waals surface area contributed by atoms with Gasteiger partial charge in [-0.1, -0.05) is 23.9 Å². The normalized spacial score (nSPS) is 11.6. The molecule has 0 aliphatic heterocycles. The van der Waals surface area contributed by atoms with Gasteiger partial charge in [-0.3, -0.25) is 4.79 Å². The first-order valence-corrected chi connectivity index (χ1v) is 11.6. The summed E-state index contributed by atoms with van der Waals surface area (Å²) in [5, 5.41) is 10.2. The fourth-order valence-corrected chi connectivity index (χ4v) is 4.88. The molecule has 9 heteroatoms. The summed E-state index contributed by atoms with van der Waals surface area (Å²) in [6, 6.07) is 12.3. The first-order chi connectivity index (χ1) is 14.3. The Balaban J connectivity index is 1.85. The number of carboxylic acid groups (broad SMARTS) is 1. The van der Waals surface area contributed by atoms with Crippen LogP contribution in [-0.4, -0.2) is 40.3 Å². The fourth-order valence-electron chi connectivity index (χ4n) is 3.23.